The zero-order valence-corrected chi connectivity index (χ0v) is 11.2. The lowest BCUT2D eigenvalue weighted by Gasteiger charge is -2.15. The third-order valence-electron chi connectivity index (χ3n) is 2.45. The lowest BCUT2D eigenvalue weighted by molar-refractivity contribution is 1.10. The number of halogens is 2. The van der Waals surface area contributed by atoms with E-state index >= 15 is 0 Å². The molecule has 0 N–H and O–H groups in total. The van der Waals surface area contributed by atoms with Crippen LogP contribution < -0.4 is 5.46 Å². The van der Waals surface area contributed by atoms with Crippen molar-refractivity contribution >= 4 is 45.2 Å². The summed E-state index contributed by atoms with van der Waals surface area (Å²) >= 11 is 7.00. The van der Waals surface area contributed by atoms with Crippen LogP contribution in [0.2, 0.25) is 0 Å². The van der Waals surface area contributed by atoms with E-state index in [4.69, 9.17) is 7.85 Å². The van der Waals surface area contributed by atoms with Crippen molar-refractivity contribution in [2.75, 3.05) is 0 Å². The predicted octanol–water partition coefficient (Wildman–Crippen LogP) is 3.18. The molecule has 13 heavy (non-hydrogen) atoms. The summed E-state index contributed by atoms with van der Waals surface area (Å²) in [5.74, 6) is 0. The highest BCUT2D eigenvalue weighted by Crippen LogP contribution is 2.29. The second-order valence-corrected chi connectivity index (χ2v) is 4.71. The second-order valence-electron chi connectivity index (χ2n) is 3.12. The van der Waals surface area contributed by atoms with Gasteiger partial charge in [-0.25, -0.2) is 0 Å². The van der Waals surface area contributed by atoms with Crippen LogP contribution in [-0.2, 0) is 6.42 Å². The fourth-order valence-electron chi connectivity index (χ4n) is 1.46. The predicted molar refractivity (Wildman–Crippen MR) is 66.1 cm³/mol. The Hall–Kier alpha value is 0.245. The highest BCUT2D eigenvalue weighted by Gasteiger charge is 2.11. The third-order valence-corrected chi connectivity index (χ3v) is 4.80. The van der Waals surface area contributed by atoms with Crippen molar-refractivity contribution in [3.8, 4) is 0 Å². The van der Waals surface area contributed by atoms with Gasteiger partial charge in [-0.15, -0.1) is 0 Å². The van der Waals surface area contributed by atoms with E-state index in [1.165, 1.54) is 16.7 Å². The summed E-state index contributed by atoms with van der Waals surface area (Å²) in [7, 11) is 5.99. The zero-order valence-electron chi connectivity index (χ0n) is 8.04. The summed E-state index contributed by atoms with van der Waals surface area (Å²) in [5.41, 5.74) is 4.65. The molecule has 0 amide bonds. The first kappa shape index (κ1) is 11.3. The van der Waals surface area contributed by atoms with Crippen LogP contribution in [0.25, 0.3) is 0 Å². The highest BCUT2D eigenvalue weighted by molar-refractivity contribution is 9.13. The zero-order chi connectivity index (χ0) is 10.2. The van der Waals surface area contributed by atoms with E-state index in [0.717, 1.165) is 20.8 Å². The Morgan fingerprint density at radius 3 is 2.08 bits per heavy atom. The van der Waals surface area contributed by atoms with Gasteiger partial charge in [0.05, 0.1) is 0 Å². The monoisotopic (exact) mass is 300 g/mol. The summed E-state index contributed by atoms with van der Waals surface area (Å²) < 4.78 is 2.05. The molecule has 0 spiro atoms. The molecule has 0 aromatic heterocycles. The van der Waals surface area contributed by atoms with Crippen LogP contribution in [0.1, 0.15) is 23.6 Å². The third kappa shape index (κ3) is 1.87. The molecule has 1 aromatic rings. The summed E-state index contributed by atoms with van der Waals surface area (Å²) in [5, 5.41) is 0. The minimum atomic E-state index is 0.859. The molecule has 0 aliphatic heterocycles. The number of benzene rings is 1. The van der Waals surface area contributed by atoms with Crippen LogP contribution in [-0.4, -0.2) is 7.85 Å². The highest BCUT2D eigenvalue weighted by atomic mass is 79.9. The SMILES string of the molecule is [B]c1c(Br)c(Br)c(C)c(C)c1CC. The van der Waals surface area contributed by atoms with E-state index in [2.05, 4.69) is 52.6 Å². The van der Waals surface area contributed by atoms with Gasteiger partial charge in [0.25, 0.3) is 0 Å². The minimum absolute atomic E-state index is 0.859. The number of hydrogen-bond acceptors (Lipinski definition) is 0. The molecule has 0 fully saturated rings. The Balaban J connectivity index is 3.56. The van der Waals surface area contributed by atoms with Gasteiger partial charge in [0.15, 0.2) is 0 Å². The Labute approximate surface area is 97.8 Å². The number of hydrogen-bond donors (Lipinski definition) is 0. The van der Waals surface area contributed by atoms with Crippen molar-refractivity contribution in [3.05, 3.63) is 25.6 Å². The molecular formula is C10H11BBr2. The molecule has 0 aliphatic carbocycles. The standard InChI is InChI=1S/C10H11BBr2/c1-4-7-5(2)6(3)9(12)10(13)8(7)11/h4H2,1-3H3. The van der Waals surface area contributed by atoms with Crippen LogP contribution >= 0.6 is 31.9 Å². The van der Waals surface area contributed by atoms with Crippen molar-refractivity contribution in [2.24, 2.45) is 0 Å². The Morgan fingerprint density at radius 1 is 1.08 bits per heavy atom. The van der Waals surface area contributed by atoms with Gasteiger partial charge in [-0.2, -0.15) is 0 Å². The number of rotatable bonds is 1. The maximum Gasteiger partial charge on any atom is 0.115 e. The van der Waals surface area contributed by atoms with Crippen LogP contribution in [0.3, 0.4) is 0 Å². The van der Waals surface area contributed by atoms with Gasteiger partial charge in [-0.1, -0.05) is 33.9 Å². The van der Waals surface area contributed by atoms with Crippen molar-refractivity contribution in [3.63, 3.8) is 0 Å². The van der Waals surface area contributed by atoms with E-state index in [1.54, 1.807) is 0 Å². The summed E-state index contributed by atoms with van der Waals surface area (Å²) in [6, 6.07) is 0. The van der Waals surface area contributed by atoms with Gasteiger partial charge in [-0.3, -0.25) is 0 Å². The lowest BCUT2D eigenvalue weighted by Crippen LogP contribution is -2.15. The normalized spacial score (nSPS) is 10.5. The van der Waals surface area contributed by atoms with Crippen molar-refractivity contribution in [1.29, 1.82) is 0 Å². The maximum absolute atomic E-state index is 5.99. The fraction of sp³-hybridized carbons (Fsp3) is 0.400. The molecule has 3 heteroatoms. The molecule has 0 bridgehead atoms. The van der Waals surface area contributed by atoms with Gasteiger partial charge >= 0.3 is 0 Å². The minimum Gasteiger partial charge on any atom is -0.0782 e. The Kier molecular flexibility index (Phi) is 3.64. The van der Waals surface area contributed by atoms with Crippen molar-refractivity contribution < 1.29 is 0 Å². The van der Waals surface area contributed by atoms with E-state index in [-0.39, 0.29) is 0 Å². The van der Waals surface area contributed by atoms with E-state index in [0.29, 0.717) is 0 Å². The van der Waals surface area contributed by atoms with E-state index in [1.807, 2.05) is 0 Å². The molecule has 0 atom stereocenters. The summed E-state index contributed by atoms with van der Waals surface area (Å²) in [4.78, 5) is 0. The van der Waals surface area contributed by atoms with Crippen molar-refractivity contribution in [1.82, 2.24) is 0 Å². The fourth-order valence-corrected chi connectivity index (χ4v) is 2.51. The van der Waals surface area contributed by atoms with E-state index < -0.39 is 0 Å². The molecule has 1 aromatic carbocycles. The molecule has 0 aliphatic rings. The van der Waals surface area contributed by atoms with Crippen LogP contribution in [0.15, 0.2) is 8.95 Å². The van der Waals surface area contributed by atoms with Crippen LogP contribution in [0.4, 0.5) is 0 Å². The molecule has 0 saturated carbocycles. The molecule has 1 rings (SSSR count). The topological polar surface area (TPSA) is 0 Å². The first-order valence-corrected chi connectivity index (χ1v) is 5.81. The lowest BCUT2D eigenvalue weighted by atomic mass is 9.85. The Morgan fingerprint density at radius 2 is 1.62 bits per heavy atom. The smallest absolute Gasteiger partial charge is 0.0782 e. The molecule has 0 unspecified atom stereocenters. The quantitative estimate of drug-likeness (QED) is 0.699. The molecule has 0 saturated heterocycles. The van der Waals surface area contributed by atoms with Gasteiger partial charge < -0.3 is 0 Å². The van der Waals surface area contributed by atoms with Crippen molar-refractivity contribution in [2.45, 2.75) is 27.2 Å². The van der Waals surface area contributed by atoms with Crippen LogP contribution in [0, 0.1) is 13.8 Å². The van der Waals surface area contributed by atoms with Gasteiger partial charge in [0.2, 0.25) is 0 Å². The average Bonchev–Trinajstić information content (AvgIpc) is 2.13. The molecular weight excluding hydrogens is 291 g/mol. The molecule has 0 heterocycles. The average molecular weight is 302 g/mol. The van der Waals surface area contributed by atoms with Gasteiger partial charge in [-0.05, 0) is 47.3 Å². The maximum atomic E-state index is 5.99. The Bertz CT molecular complexity index is 316. The summed E-state index contributed by atoms with van der Waals surface area (Å²) in [6.07, 6.45) is 0.977. The largest absolute Gasteiger partial charge is 0.115 e. The van der Waals surface area contributed by atoms with Gasteiger partial charge in [0.1, 0.15) is 7.85 Å². The molecule has 68 valence electrons. The van der Waals surface area contributed by atoms with Gasteiger partial charge in [0, 0.05) is 8.95 Å². The molecule has 2 radical (unpaired) electrons. The molecule has 0 nitrogen and oxygen atoms in total. The second kappa shape index (κ2) is 4.18. The van der Waals surface area contributed by atoms with Crippen LogP contribution in [0.5, 0.6) is 0 Å². The van der Waals surface area contributed by atoms with E-state index in [9.17, 15) is 0 Å². The first-order chi connectivity index (χ1) is 6.00. The first-order valence-electron chi connectivity index (χ1n) is 4.23. The summed E-state index contributed by atoms with van der Waals surface area (Å²) in [6.45, 7) is 6.34.